The van der Waals surface area contributed by atoms with E-state index in [1.54, 1.807) is 12.1 Å². The lowest BCUT2D eigenvalue weighted by Gasteiger charge is -2.13. The SMILES string of the molecule is CC(C)CCCC(=O)NC1=NN(c2ccc(Cl)c(Cl)c2)CC1. The van der Waals surface area contributed by atoms with Crippen molar-refractivity contribution in [2.24, 2.45) is 11.0 Å². The second kappa shape index (κ2) is 7.84. The van der Waals surface area contributed by atoms with Crippen molar-refractivity contribution >= 4 is 40.6 Å². The van der Waals surface area contributed by atoms with Gasteiger partial charge in [-0.25, -0.2) is 0 Å². The quantitative estimate of drug-likeness (QED) is 0.859. The maximum absolute atomic E-state index is 11.9. The summed E-state index contributed by atoms with van der Waals surface area (Å²) in [6, 6.07) is 5.39. The molecule has 0 unspecified atom stereocenters. The van der Waals surface area contributed by atoms with E-state index in [4.69, 9.17) is 23.2 Å². The fourth-order valence-corrected chi connectivity index (χ4v) is 2.56. The molecule has 0 spiro atoms. The average molecular weight is 342 g/mol. The van der Waals surface area contributed by atoms with E-state index in [0.717, 1.165) is 31.5 Å². The topological polar surface area (TPSA) is 44.7 Å². The lowest BCUT2D eigenvalue weighted by molar-refractivity contribution is -0.119. The third-order valence-electron chi connectivity index (χ3n) is 3.47. The summed E-state index contributed by atoms with van der Waals surface area (Å²) < 4.78 is 0. The summed E-state index contributed by atoms with van der Waals surface area (Å²) in [7, 11) is 0. The molecule has 0 fully saturated rings. The van der Waals surface area contributed by atoms with Crippen molar-refractivity contribution in [1.29, 1.82) is 0 Å². The smallest absolute Gasteiger partial charge is 0.225 e. The molecule has 0 bridgehead atoms. The number of nitrogens with zero attached hydrogens (tertiary/aromatic N) is 2. The maximum atomic E-state index is 11.9. The van der Waals surface area contributed by atoms with Crippen LogP contribution in [0.25, 0.3) is 0 Å². The van der Waals surface area contributed by atoms with Crippen LogP contribution in [0.4, 0.5) is 5.69 Å². The van der Waals surface area contributed by atoms with Gasteiger partial charge in [-0.15, -0.1) is 0 Å². The zero-order valence-corrected chi connectivity index (χ0v) is 14.4. The summed E-state index contributed by atoms with van der Waals surface area (Å²) in [6.45, 7) is 5.04. The van der Waals surface area contributed by atoms with Gasteiger partial charge in [0.25, 0.3) is 0 Å². The van der Waals surface area contributed by atoms with Crippen LogP contribution in [-0.4, -0.2) is 18.3 Å². The molecule has 0 aliphatic carbocycles. The maximum Gasteiger partial charge on any atom is 0.225 e. The Labute approximate surface area is 141 Å². The molecule has 1 amide bonds. The number of carbonyl (C=O) groups excluding carboxylic acids is 1. The predicted molar refractivity (Wildman–Crippen MR) is 92.7 cm³/mol. The van der Waals surface area contributed by atoms with Crippen LogP contribution >= 0.6 is 23.2 Å². The van der Waals surface area contributed by atoms with Crippen molar-refractivity contribution in [3.05, 3.63) is 28.2 Å². The molecule has 4 nitrogen and oxygen atoms in total. The second-order valence-electron chi connectivity index (χ2n) is 5.85. The molecular formula is C16H21Cl2N3O. The normalized spacial score (nSPS) is 14.4. The van der Waals surface area contributed by atoms with Gasteiger partial charge >= 0.3 is 0 Å². The van der Waals surface area contributed by atoms with Gasteiger partial charge in [0.1, 0.15) is 5.84 Å². The molecule has 1 N–H and O–H groups in total. The zero-order valence-electron chi connectivity index (χ0n) is 12.9. The lowest BCUT2D eigenvalue weighted by atomic mass is 10.1. The van der Waals surface area contributed by atoms with E-state index in [2.05, 4.69) is 24.3 Å². The minimum atomic E-state index is 0.0374. The monoisotopic (exact) mass is 341 g/mol. The number of hydrazone groups is 1. The number of rotatable bonds is 5. The summed E-state index contributed by atoms with van der Waals surface area (Å²) in [5.41, 5.74) is 0.874. The minimum Gasteiger partial charge on any atom is -0.313 e. The predicted octanol–water partition coefficient (Wildman–Crippen LogP) is 4.46. The molecule has 1 aromatic rings. The largest absolute Gasteiger partial charge is 0.313 e. The van der Waals surface area contributed by atoms with Crippen LogP contribution < -0.4 is 10.3 Å². The fraction of sp³-hybridized carbons (Fsp3) is 0.500. The number of halogens is 2. The number of anilines is 1. The molecule has 0 saturated heterocycles. The third kappa shape index (κ3) is 4.89. The number of hydrogen-bond acceptors (Lipinski definition) is 3. The van der Waals surface area contributed by atoms with E-state index in [0.29, 0.717) is 28.2 Å². The van der Waals surface area contributed by atoms with E-state index in [1.807, 2.05) is 11.1 Å². The first kappa shape index (κ1) is 17.1. The molecule has 0 aromatic heterocycles. The van der Waals surface area contributed by atoms with Crippen LogP contribution in [-0.2, 0) is 4.79 Å². The van der Waals surface area contributed by atoms with Crippen LogP contribution in [0.5, 0.6) is 0 Å². The number of nitrogens with one attached hydrogen (secondary N) is 1. The second-order valence-corrected chi connectivity index (χ2v) is 6.67. The van der Waals surface area contributed by atoms with Crippen molar-refractivity contribution in [2.45, 2.75) is 39.5 Å². The molecule has 0 saturated carbocycles. The van der Waals surface area contributed by atoms with Crippen LogP contribution in [0.1, 0.15) is 39.5 Å². The number of benzene rings is 1. The van der Waals surface area contributed by atoms with Crippen LogP contribution in [0.3, 0.4) is 0 Å². The van der Waals surface area contributed by atoms with Gasteiger partial charge in [-0.1, -0.05) is 43.5 Å². The van der Waals surface area contributed by atoms with Crippen LogP contribution in [0.2, 0.25) is 10.0 Å². The van der Waals surface area contributed by atoms with Crippen molar-refractivity contribution in [2.75, 3.05) is 11.6 Å². The van der Waals surface area contributed by atoms with E-state index in [9.17, 15) is 4.79 Å². The average Bonchev–Trinajstić information content (AvgIpc) is 2.90. The lowest BCUT2D eigenvalue weighted by Crippen LogP contribution is -2.29. The van der Waals surface area contributed by atoms with Gasteiger partial charge in [0.2, 0.25) is 5.91 Å². The molecule has 1 aliphatic heterocycles. The van der Waals surface area contributed by atoms with Crippen molar-refractivity contribution in [3.8, 4) is 0 Å². The summed E-state index contributed by atoms with van der Waals surface area (Å²) >= 11 is 11.9. The van der Waals surface area contributed by atoms with Gasteiger partial charge in [-0.3, -0.25) is 9.80 Å². The molecule has 120 valence electrons. The molecule has 6 heteroatoms. The van der Waals surface area contributed by atoms with Crippen molar-refractivity contribution in [1.82, 2.24) is 5.32 Å². The fourth-order valence-electron chi connectivity index (χ4n) is 2.27. The van der Waals surface area contributed by atoms with Gasteiger partial charge in [0.15, 0.2) is 0 Å². The van der Waals surface area contributed by atoms with Crippen molar-refractivity contribution < 1.29 is 4.79 Å². The van der Waals surface area contributed by atoms with Gasteiger partial charge in [-0.05, 0) is 30.5 Å². The Bertz CT molecular complexity index is 573. The minimum absolute atomic E-state index is 0.0374. The van der Waals surface area contributed by atoms with E-state index in [-0.39, 0.29) is 5.91 Å². The standard InChI is InChI=1S/C16H21Cl2N3O/c1-11(2)4-3-5-16(22)19-15-8-9-21(20-15)12-6-7-13(17)14(18)10-12/h6-7,10-11H,3-5,8-9H2,1-2H3,(H,19,20,22). The van der Waals surface area contributed by atoms with Crippen LogP contribution in [0, 0.1) is 5.92 Å². The van der Waals surface area contributed by atoms with Gasteiger partial charge in [0.05, 0.1) is 15.7 Å². The number of amides is 1. The molecule has 2 rings (SSSR count). The zero-order chi connectivity index (χ0) is 16.1. The third-order valence-corrected chi connectivity index (χ3v) is 4.21. The van der Waals surface area contributed by atoms with Crippen LogP contribution in [0.15, 0.2) is 23.3 Å². The summed E-state index contributed by atoms with van der Waals surface area (Å²) in [5, 5.41) is 10.2. The Balaban J connectivity index is 1.89. The Morgan fingerprint density at radius 3 is 2.82 bits per heavy atom. The summed E-state index contributed by atoms with van der Waals surface area (Å²) in [4.78, 5) is 11.9. The molecule has 1 aromatic carbocycles. The summed E-state index contributed by atoms with van der Waals surface area (Å²) in [6.07, 6.45) is 3.24. The Morgan fingerprint density at radius 1 is 1.36 bits per heavy atom. The molecule has 1 heterocycles. The van der Waals surface area contributed by atoms with Gasteiger partial charge < -0.3 is 5.32 Å². The first-order chi connectivity index (χ1) is 10.5. The molecular weight excluding hydrogens is 321 g/mol. The van der Waals surface area contributed by atoms with Gasteiger partial charge in [0, 0.05) is 19.4 Å². The molecule has 1 aliphatic rings. The first-order valence-corrected chi connectivity index (χ1v) is 8.31. The molecule has 22 heavy (non-hydrogen) atoms. The van der Waals surface area contributed by atoms with E-state index < -0.39 is 0 Å². The Morgan fingerprint density at radius 2 is 2.14 bits per heavy atom. The molecule has 0 radical (unpaired) electrons. The van der Waals surface area contributed by atoms with Crippen molar-refractivity contribution in [3.63, 3.8) is 0 Å². The first-order valence-electron chi connectivity index (χ1n) is 7.55. The number of hydrogen-bond donors (Lipinski definition) is 1. The molecule has 0 atom stereocenters. The highest BCUT2D eigenvalue weighted by molar-refractivity contribution is 6.42. The highest BCUT2D eigenvalue weighted by Gasteiger charge is 2.18. The van der Waals surface area contributed by atoms with E-state index >= 15 is 0 Å². The number of carbonyl (C=O) groups is 1. The Hall–Kier alpha value is -1.26. The van der Waals surface area contributed by atoms with E-state index in [1.165, 1.54) is 0 Å². The Kier molecular flexibility index (Phi) is 6.09. The van der Waals surface area contributed by atoms with Gasteiger partial charge in [-0.2, -0.15) is 5.10 Å². The highest BCUT2D eigenvalue weighted by atomic mass is 35.5. The number of amidine groups is 1. The summed E-state index contributed by atoms with van der Waals surface area (Å²) in [5.74, 6) is 1.37. The highest BCUT2D eigenvalue weighted by Crippen LogP contribution is 2.28.